The Hall–Kier alpha value is -0.997. The van der Waals surface area contributed by atoms with Gasteiger partial charge in [0.1, 0.15) is 0 Å². The molecule has 12 heavy (non-hydrogen) atoms. The van der Waals surface area contributed by atoms with Crippen molar-refractivity contribution in [2.24, 2.45) is 0 Å². The van der Waals surface area contributed by atoms with Crippen LogP contribution >= 0.6 is 0 Å². The maximum Gasteiger partial charge on any atom is 2.00 e. The largest absolute Gasteiger partial charge is 2.00 e. The van der Waals surface area contributed by atoms with Gasteiger partial charge in [-0.3, -0.25) is 0 Å². The van der Waals surface area contributed by atoms with Gasteiger partial charge in [-0.15, -0.1) is 0 Å². The third-order valence-electron chi connectivity index (χ3n) is 0.349. The van der Waals surface area contributed by atoms with Gasteiger partial charge in [0.2, 0.25) is 0 Å². The first-order valence-electron chi connectivity index (χ1n) is 2.25. The van der Waals surface area contributed by atoms with E-state index >= 15 is 0 Å². The van der Waals surface area contributed by atoms with Crippen LogP contribution in [-0.2, 0) is 34.5 Å². The molecule has 0 aliphatic carbocycles. The Morgan fingerprint density at radius 3 is 1.08 bits per heavy atom. The fourth-order valence-electron chi connectivity index (χ4n) is 0. The van der Waals surface area contributed by atoms with Crippen molar-refractivity contribution in [1.29, 1.82) is 0 Å². The monoisotopic (exact) mass is 224 g/mol. The molecule has 0 amide bonds. The third kappa shape index (κ3) is 63.9. The molecule has 2 N–H and O–H groups in total. The summed E-state index contributed by atoms with van der Waals surface area (Å²) in [6.07, 6.45) is 1.67. The second kappa shape index (κ2) is 16.5. The molecule has 0 radical (unpaired) electrons. The Kier molecular flexibility index (Phi) is 30.9. The number of rotatable bonds is 2. The van der Waals surface area contributed by atoms with Gasteiger partial charge >= 0.3 is 31.4 Å². The molecule has 0 fully saturated rings. The predicted molar refractivity (Wildman–Crippen MR) is 36.4 cm³/mol. The van der Waals surface area contributed by atoms with Crippen molar-refractivity contribution in [3.63, 3.8) is 0 Å². The van der Waals surface area contributed by atoms with Crippen molar-refractivity contribution in [3.05, 3.63) is 25.3 Å². The number of carbonyl (C=O) groups is 2. The minimum absolute atomic E-state index is 0. The number of hydrogen-bond donors (Lipinski definition) is 2. The first-order chi connectivity index (χ1) is 4.54. The van der Waals surface area contributed by atoms with Crippen LogP contribution in [-0.4, -0.2) is 22.2 Å². The van der Waals surface area contributed by atoms with Gasteiger partial charge in [-0.2, -0.15) is 0 Å². The zero-order chi connectivity index (χ0) is 8.57. The molecule has 0 unspecified atom stereocenters. The van der Waals surface area contributed by atoms with E-state index in [0.717, 1.165) is 12.2 Å². The van der Waals surface area contributed by atoms with Crippen LogP contribution in [0.5, 0.6) is 0 Å². The van der Waals surface area contributed by atoms with E-state index in [9.17, 15) is 9.59 Å². The van der Waals surface area contributed by atoms with E-state index in [2.05, 4.69) is 13.2 Å². The van der Waals surface area contributed by atoms with Gasteiger partial charge < -0.3 is 15.7 Å². The van der Waals surface area contributed by atoms with Crippen LogP contribution in [0.25, 0.3) is 0 Å². The van der Waals surface area contributed by atoms with E-state index in [1.54, 1.807) is 0 Å². The molecule has 0 rings (SSSR count). The standard InChI is InChI=1S/2C3H4O2.O.Zn/c2*1-2-3(4)5;;/h2*2H,1H2,(H,4,5);;/q;;-2;+2. The van der Waals surface area contributed by atoms with Crippen molar-refractivity contribution in [2.75, 3.05) is 0 Å². The molecule has 5 nitrogen and oxygen atoms in total. The molecule has 0 saturated heterocycles. The van der Waals surface area contributed by atoms with Gasteiger partial charge in [-0.25, -0.2) is 9.59 Å². The summed E-state index contributed by atoms with van der Waals surface area (Å²) in [4.78, 5) is 18.5. The Bertz CT molecular complexity index is 136. The molecule has 0 aliphatic rings. The van der Waals surface area contributed by atoms with E-state index in [1.165, 1.54) is 0 Å². The molecule has 0 aliphatic heterocycles. The van der Waals surface area contributed by atoms with Crippen LogP contribution in [0.1, 0.15) is 0 Å². The van der Waals surface area contributed by atoms with Gasteiger partial charge in [0.25, 0.3) is 0 Å². The summed E-state index contributed by atoms with van der Waals surface area (Å²) in [5.41, 5.74) is 0. The van der Waals surface area contributed by atoms with E-state index in [1.807, 2.05) is 0 Å². The van der Waals surface area contributed by atoms with Gasteiger partial charge in [0.15, 0.2) is 0 Å². The molecular formula is C6H8O5Zn. The Morgan fingerprint density at radius 1 is 1.00 bits per heavy atom. The Morgan fingerprint density at radius 2 is 1.08 bits per heavy atom. The SMILES string of the molecule is C=CC(=O)O.C=CC(=O)O.[O-2].[Zn+2]. The van der Waals surface area contributed by atoms with Crippen LogP contribution < -0.4 is 0 Å². The van der Waals surface area contributed by atoms with Crippen LogP contribution in [0.15, 0.2) is 25.3 Å². The summed E-state index contributed by atoms with van der Waals surface area (Å²) in [5.74, 6) is -1.96. The van der Waals surface area contributed by atoms with Crippen molar-refractivity contribution in [1.82, 2.24) is 0 Å². The first-order valence-corrected chi connectivity index (χ1v) is 2.25. The molecule has 0 aromatic carbocycles. The normalized spacial score (nSPS) is 5.33. The molecular weight excluding hydrogens is 217 g/mol. The molecule has 0 aromatic rings. The fraction of sp³-hybridized carbons (Fsp3) is 0. The first kappa shape index (κ1) is 22.4. The Balaban J connectivity index is -0.0000000457. The zero-order valence-corrected chi connectivity index (χ0v) is 9.36. The average Bonchev–Trinajstić information content (AvgIpc) is 1.89. The van der Waals surface area contributed by atoms with Crippen molar-refractivity contribution in [3.8, 4) is 0 Å². The Labute approximate surface area is 82.5 Å². The molecule has 64 valence electrons. The van der Waals surface area contributed by atoms with E-state index < -0.39 is 11.9 Å². The summed E-state index contributed by atoms with van der Waals surface area (Å²) in [6, 6.07) is 0. The second-order valence-corrected chi connectivity index (χ2v) is 1.08. The maximum atomic E-state index is 9.25. The number of hydrogen-bond acceptors (Lipinski definition) is 2. The smallest absolute Gasteiger partial charge is 2.00 e. The molecule has 6 heteroatoms. The summed E-state index contributed by atoms with van der Waals surface area (Å²) in [7, 11) is 0. The van der Waals surface area contributed by atoms with Crippen LogP contribution in [0.4, 0.5) is 0 Å². The van der Waals surface area contributed by atoms with E-state index in [4.69, 9.17) is 10.2 Å². The maximum absolute atomic E-state index is 9.25. The average molecular weight is 226 g/mol. The van der Waals surface area contributed by atoms with Crippen LogP contribution in [0, 0.1) is 0 Å². The molecule has 0 heterocycles. The summed E-state index contributed by atoms with van der Waals surface area (Å²) in [5, 5.41) is 15.2. The topological polar surface area (TPSA) is 103 Å². The minimum Gasteiger partial charge on any atom is -2.00 e. The molecule has 0 aromatic heterocycles. The second-order valence-electron chi connectivity index (χ2n) is 1.08. The quantitative estimate of drug-likeness (QED) is 0.524. The van der Waals surface area contributed by atoms with Gasteiger partial charge in [0, 0.05) is 12.2 Å². The van der Waals surface area contributed by atoms with E-state index in [0.29, 0.717) is 0 Å². The summed E-state index contributed by atoms with van der Waals surface area (Å²) in [6.45, 7) is 5.92. The molecule has 0 saturated carbocycles. The van der Waals surface area contributed by atoms with Gasteiger partial charge in [-0.05, 0) is 0 Å². The van der Waals surface area contributed by atoms with Crippen molar-refractivity contribution in [2.45, 2.75) is 0 Å². The molecule has 0 bridgehead atoms. The number of carboxylic acids is 2. The van der Waals surface area contributed by atoms with Crippen LogP contribution in [0.3, 0.4) is 0 Å². The zero-order valence-electron chi connectivity index (χ0n) is 6.40. The van der Waals surface area contributed by atoms with Gasteiger partial charge in [-0.1, -0.05) is 13.2 Å². The van der Waals surface area contributed by atoms with E-state index in [-0.39, 0.29) is 25.0 Å². The van der Waals surface area contributed by atoms with Gasteiger partial charge in [0.05, 0.1) is 0 Å². The fourth-order valence-corrected chi connectivity index (χ4v) is 0. The summed E-state index contributed by atoms with van der Waals surface area (Å²) < 4.78 is 0. The minimum atomic E-state index is -0.981. The molecule has 0 spiro atoms. The summed E-state index contributed by atoms with van der Waals surface area (Å²) >= 11 is 0. The van der Waals surface area contributed by atoms with Crippen molar-refractivity contribution >= 4 is 11.9 Å². The van der Waals surface area contributed by atoms with Crippen LogP contribution in [0.2, 0.25) is 0 Å². The van der Waals surface area contributed by atoms with Crippen molar-refractivity contribution < 1.29 is 44.8 Å². The molecule has 0 atom stereocenters. The number of aliphatic carboxylic acids is 2. The third-order valence-corrected chi connectivity index (χ3v) is 0.349. The predicted octanol–water partition coefficient (Wildman–Crippen LogP) is 0.393. The number of carboxylic acid groups (broad SMARTS) is 2.